The number of fused-ring (bicyclic) bond motifs is 1. The summed E-state index contributed by atoms with van der Waals surface area (Å²) in [5.74, 6) is -1.28. The van der Waals surface area contributed by atoms with Crippen LogP contribution in [0.2, 0.25) is 0 Å². The molecule has 0 fully saturated rings. The Balaban J connectivity index is 1.90. The second-order valence-electron chi connectivity index (χ2n) is 8.75. The minimum Gasteiger partial charge on any atom is -0.478 e. The molecular weight excluding hydrogens is 404 g/mol. The molecule has 3 rings (SSSR count). The van der Waals surface area contributed by atoms with E-state index in [1.165, 1.54) is 0 Å². The maximum atomic E-state index is 13.4. The third-order valence-corrected chi connectivity index (χ3v) is 6.13. The Morgan fingerprint density at radius 1 is 1.03 bits per heavy atom. The topological polar surface area (TPSA) is 86.7 Å². The van der Waals surface area contributed by atoms with Crippen LogP contribution in [0.1, 0.15) is 70.8 Å². The van der Waals surface area contributed by atoms with Crippen LogP contribution in [0.3, 0.4) is 0 Å². The first-order valence-electron chi connectivity index (χ1n) is 11.2. The zero-order valence-corrected chi connectivity index (χ0v) is 19.3. The van der Waals surface area contributed by atoms with Crippen molar-refractivity contribution in [3.63, 3.8) is 0 Å². The lowest BCUT2D eigenvalue weighted by Crippen LogP contribution is -2.50. The van der Waals surface area contributed by atoms with Gasteiger partial charge in [-0.3, -0.25) is 9.59 Å². The number of nitrogens with one attached hydrogen (secondary N) is 1. The summed E-state index contributed by atoms with van der Waals surface area (Å²) >= 11 is 0. The number of rotatable bonds is 7. The van der Waals surface area contributed by atoms with Crippen molar-refractivity contribution in [2.24, 2.45) is 0 Å². The molecule has 6 nitrogen and oxygen atoms in total. The number of amides is 2. The molecule has 1 aliphatic heterocycles. The fourth-order valence-corrected chi connectivity index (χ4v) is 4.47. The summed E-state index contributed by atoms with van der Waals surface area (Å²) in [7, 11) is 0. The summed E-state index contributed by atoms with van der Waals surface area (Å²) < 4.78 is 0. The maximum absolute atomic E-state index is 13.4. The molecule has 2 N–H and O–H groups in total. The Labute approximate surface area is 189 Å². The van der Waals surface area contributed by atoms with Crippen LogP contribution >= 0.6 is 0 Å². The predicted octanol–water partition coefficient (Wildman–Crippen LogP) is 4.78. The van der Waals surface area contributed by atoms with E-state index in [-0.39, 0.29) is 23.9 Å². The van der Waals surface area contributed by atoms with E-state index in [1.54, 1.807) is 23.1 Å². The quantitative estimate of drug-likeness (QED) is 0.612. The van der Waals surface area contributed by atoms with Crippen molar-refractivity contribution < 1.29 is 19.5 Å². The summed E-state index contributed by atoms with van der Waals surface area (Å²) in [6.45, 7) is 8.27. The second-order valence-corrected chi connectivity index (χ2v) is 8.75. The van der Waals surface area contributed by atoms with Gasteiger partial charge >= 0.3 is 5.97 Å². The molecule has 0 spiro atoms. The Morgan fingerprint density at radius 2 is 1.72 bits per heavy atom. The third kappa shape index (κ3) is 5.18. The molecule has 1 aliphatic rings. The highest BCUT2D eigenvalue weighted by Crippen LogP contribution is 2.28. The highest BCUT2D eigenvalue weighted by Gasteiger charge is 2.35. The van der Waals surface area contributed by atoms with Gasteiger partial charge in [0.05, 0.1) is 5.56 Å². The predicted molar refractivity (Wildman–Crippen MR) is 125 cm³/mol. The number of aromatic carboxylic acids is 1. The summed E-state index contributed by atoms with van der Waals surface area (Å²) in [6.07, 6.45) is 3.49. The van der Waals surface area contributed by atoms with Gasteiger partial charge in [0.15, 0.2) is 0 Å². The Morgan fingerprint density at radius 3 is 2.34 bits per heavy atom. The third-order valence-electron chi connectivity index (χ3n) is 6.13. The number of anilines is 1. The van der Waals surface area contributed by atoms with E-state index in [0.29, 0.717) is 12.8 Å². The number of unbranched alkanes of at least 4 members (excludes halogenated alkanes) is 2. The molecule has 0 aliphatic carbocycles. The standard InChI is InChI=1S/C26H32N2O4/c1-5-6-7-8-23(29)28-15-21-13-20(26(31)32)10-9-19(21)14-22(28)25(30)27-24-17(3)11-16(2)12-18(24)4/h9-13,22H,5-8,14-15H2,1-4H3,(H,27,30)(H,31,32). The van der Waals surface area contributed by atoms with Crippen molar-refractivity contribution in [3.8, 4) is 0 Å². The molecule has 2 aromatic carbocycles. The number of benzene rings is 2. The molecule has 6 heteroatoms. The molecular formula is C26H32N2O4. The normalized spacial score (nSPS) is 15.2. The maximum Gasteiger partial charge on any atom is 0.335 e. The molecule has 32 heavy (non-hydrogen) atoms. The van der Waals surface area contributed by atoms with Gasteiger partial charge in [-0.25, -0.2) is 4.79 Å². The van der Waals surface area contributed by atoms with Crippen LogP contribution < -0.4 is 5.32 Å². The van der Waals surface area contributed by atoms with Gasteiger partial charge in [0, 0.05) is 25.1 Å². The minimum atomic E-state index is -1.00. The number of carboxylic acid groups (broad SMARTS) is 1. The lowest BCUT2D eigenvalue weighted by Gasteiger charge is -2.36. The lowest BCUT2D eigenvalue weighted by molar-refractivity contribution is -0.140. The van der Waals surface area contributed by atoms with Crippen LogP contribution in [0.5, 0.6) is 0 Å². The molecule has 2 aromatic rings. The molecule has 0 saturated heterocycles. The number of aryl methyl sites for hydroxylation is 3. The van der Waals surface area contributed by atoms with Crippen molar-refractivity contribution in [2.45, 2.75) is 72.4 Å². The average Bonchev–Trinajstić information content (AvgIpc) is 2.74. The number of nitrogens with zero attached hydrogens (tertiary/aromatic N) is 1. The molecule has 0 bridgehead atoms. The van der Waals surface area contributed by atoms with Gasteiger partial charge in [0.1, 0.15) is 6.04 Å². The monoisotopic (exact) mass is 436 g/mol. The fourth-order valence-electron chi connectivity index (χ4n) is 4.47. The van der Waals surface area contributed by atoms with Crippen molar-refractivity contribution in [3.05, 3.63) is 63.7 Å². The number of carboxylic acids is 1. The number of hydrogen-bond acceptors (Lipinski definition) is 3. The summed E-state index contributed by atoms with van der Waals surface area (Å²) in [6, 6.07) is 8.36. The number of carbonyl (C=O) groups excluding carboxylic acids is 2. The summed E-state index contributed by atoms with van der Waals surface area (Å²) in [4.78, 5) is 39.5. The lowest BCUT2D eigenvalue weighted by atomic mass is 9.91. The first-order valence-corrected chi connectivity index (χ1v) is 11.2. The van der Waals surface area contributed by atoms with Gasteiger partial charge in [-0.05, 0) is 61.6 Å². The smallest absolute Gasteiger partial charge is 0.335 e. The van der Waals surface area contributed by atoms with Crippen molar-refractivity contribution >= 4 is 23.5 Å². The summed E-state index contributed by atoms with van der Waals surface area (Å²) in [5, 5.41) is 12.4. The Kier molecular flexibility index (Phi) is 7.33. The molecule has 170 valence electrons. The van der Waals surface area contributed by atoms with Crippen LogP contribution in [0.4, 0.5) is 5.69 Å². The van der Waals surface area contributed by atoms with Crippen LogP contribution in [-0.2, 0) is 22.6 Å². The van der Waals surface area contributed by atoms with Crippen LogP contribution in [-0.4, -0.2) is 33.8 Å². The average molecular weight is 437 g/mol. The van der Waals surface area contributed by atoms with Crippen molar-refractivity contribution in [1.82, 2.24) is 4.90 Å². The van der Waals surface area contributed by atoms with Crippen LogP contribution in [0.15, 0.2) is 30.3 Å². The van der Waals surface area contributed by atoms with Gasteiger partial charge in [-0.1, -0.05) is 43.5 Å². The van der Waals surface area contributed by atoms with Gasteiger partial charge in [-0.2, -0.15) is 0 Å². The molecule has 1 heterocycles. The van der Waals surface area contributed by atoms with E-state index in [0.717, 1.165) is 52.8 Å². The van der Waals surface area contributed by atoms with E-state index < -0.39 is 12.0 Å². The zero-order valence-electron chi connectivity index (χ0n) is 19.3. The highest BCUT2D eigenvalue weighted by atomic mass is 16.4. The largest absolute Gasteiger partial charge is 0.478 e. The number of hydrogen-bond donors (Lipinski definition) is 2. The van der Waals surface area contributed by atoms with Gasteiger partial charge in [0.25, 0.3) is 0 Å². The van der Waals surface area contributed by atoms with E-state index >= 15 is 0 Å². The van der Waals surface area contributed by atoms with Crippen LogP contribution in [0.25, 0.3) is 0 Å². The van der Waals surface area contributed by atoms with E-state index in [4.69, 9.17) is 0 Å². The second kappa shape index (κ2) is 9.98. The van der Waals surface area contributed by atoms with Gasteiger partial charge < -0.3 is 15.3 Å². The molecule has 0 saturated carbocycles. The van der Waals surface area contributed by atoms with Gasteiger partial charge in [0.2, 0.25) is 11.8 Å². The minimum absolute atomic E-state index is 0.0673. The SMILES string of the molecule is CCCCCC(=O)N1Cc2cc(C(=O)O)ccc2CC1C(=O)Nc1c(C)cc(C)cc1C. The zero-order chi connectivity index (χ0) is 23.4. The molecule has 2 amide bonds. The first-order chi connectivity index (χ1) is 15.2. The summed E-state index contributed by atoms with van der Waals surface area (Å²) in [5.41, 5.74) is 5.78. The molecule has 0 radical (unpaired) electrons. The van der Waals surface area contributed by atoms with Crippen molar-refractivity contribution in [2.75, 3.05) is 5.32 Å². The fraction of sp³-hybridized carbons (Fsp3) is 0.423. The van der Waals surface area contributed by atoms with E-state index in [9.17, 15) is 19.5 Å². The van der Waals surface area contributed by atoms with E-state index in [1.807, 2.05) is 32.9 Å². The number of carbonyl (C=O) groups is 3. The van der Waals surface area contributed by atoms with Crippen molar-refractivity contribution in [1.29, 1.82) is 0 Å². The Hall–Kier alpha value is -3.15. The Bertz CT molecular complexity index is 1020. The van der Waals surface area contributed by atoms with Gasteiger partial charge in [-0.15, -0.1) is 0 Å². The highest BCUT2D eigenvalue weighted by molar-refractivity contribution is 5.99. The van der Waals surface area contributed by atoms with E-state index in [2.05, 4.69) is 12.2 Å². The van der Waals surface area contributed by atoms with Crippen LogP contribution in [0, 0.1) is 20.8 Å². The first kappa shape index (κ1) is 23.5. The molecule has 0 aromatic heterocycles. The molecule has 1 unspecified atom stereocenters. The molecule has 1 atom stereocenters.